The van der Waals surface area contributed by atoms with E-state index in [0.717, 1.165) is 9.35 Å². The van der Waals surface area contributed by atoms with Crippen LogP contribution in [-0.2, 0) is 0 Å². The van der Waals surface area contributed by atoms with Crippen molar-refractivity contribution in [1.29, 1.82) is 0 Å². The van der Waals surface area contributed by atoms with Gasteiger partial charge in [-0.2, -0.15) is 0 Å². The molecule has 2 nitrogen and oxygen atoms in total. The summed E-state index contributed by atoms with van der Waals surface area (Å²) in [5.74, 6) is 0.126. The van der Waals surface area contributed by atoms with Gasteiger partial charge in [0.05, 0.1) is 4.88 Å². The smallest absolute Gasteiger partial charge is 0.174 e. The molecule has 0 fully saturated rings. The molecule has 12 heavy (non-hydrogen) atoms. The van der Waals surface area contributed by atoms with Crippen molar-refractivity contribution in [3.63, 3.8) is 0 Å². The summed E-state index contributed by atoms with van der Waals surface area (Å²) in [7, 11) is 0. The molecule has 1 unspecified atom stereocenters. The number of nitrogens with two attached hydrogens (primary N) is 1. The topological polar surface area (TPSA) is 43.1 Å². The van der Waals surface area contributed by atoms with Crippen molar-refractivity contribution >= 4 is 33.0 Å². The Hall–Kier alpha value is -0.190. The van der Waals surface area contributed by atoms with E-state index in [9.17, 15) is 4.79 Å². The van der Waals surface area contributed by atoms with E-state index in [-0.39, 0.29) is 11.8 Å². The molecule has 4 heteroatoms. The number of rotatable bonds is 3. The summed E-state index contributed by atoms with van der Waals surface area (Å²) in [4.78, 5) is 12.2. The fourth-order valence-electron chi connectivity index (χ4n) is 0.852. The van der Waals surface area contributed by atoms with Gasteiger partial charge in [0.1, 0.15) is 0 Å². The fraction of sp³-hybridized carbons (Fsp3) is 0.375. The normalized spacial score (nSPS) is 12.9. The van der Waals surface area contributed by atoms with Crippen molar-refractivity contribution < 1.29 is 4.79 Å². The molecule has 0 aliphatic carbocycles. The summed E-state index contributed by atoms with van der Waals surface area (Å²) >= 11 is 4.74. The molecule has 0 aromatic carbocycles. The highest BCUT2D eigenvalue weighted by Gasteiger charge is 2.09. The second kappa shape index (κ2) is 4.16. The minimum atomic E-state index is -0.0571. The highest BCUT2D eigenvalue weighted by molar-refractivity contribution is 9.10. The van der Waals surface area contributed by atoms with Crippen molar-refractivity contribution in [1.82, 2.24) is 0 Å². The van der Waals surface area contributed by atoms with E-state index in [1.165, 1.54) is 11.3 Å². The van der Waals surface area contributed by atoms with Crippen LogP contribution in [0.25, 0.3) is 0 Å². The van der Waals surface area contributed by atoms with Crippen molar-refractivity contribution in [3.8, 4) is 0 Å². The van der Waals surface area contributed by atoms with Crippen LogP contribution in [0.2, 0.25) is 0 Å². The summed E-state index contributed by atoms with van der Waals surface area (Å²) in [6.07, 6.45) is 0.424. The van der Waals surface area contributed by atoms with Gasteiger partial charge in [-0.05, 0) is 28.9 Å². The number of ketones is 1. The Morgan fingerprint density at radius 3 is 2.92 bits per heavy atom. The maximum atomic E-state index is 11.4. The molecule has 1 atom stereocenters. The molecule has 0 radical (unpaired) electrons. The van der Waals surface area contributed by atoms with E-state index in [1.54, 1.807) is 0 Å². The Labute approximate surface area is 83.9 Å². The third-order valence-corrected chi connectivity index (χ3v) is 3.08. The number of thiophene rings is 1. The maximum Gasteiger partial charge on any atom is 0.174 e. The van der Waals surface area contributed by atoms with E-state index < -0.39 is 0 Å². The minimum Gasteiger partial charge on any atom is -0.328 e. The third kappa shape index (κ3) is 2.69. The number of halogens is 1. The number of carbonyl (C=O) groups is 1. The first-order valence-corrected chi connectivity index (χ1v) is 5.29. The van der Waals surface area contributed by atoms with E-state index in [0.29, 0.717) is 6.42 Å². The molecular weight excluding hydrogens is 238 g/mol. The van der Waals surface area contributed by atoms with Gasteiger partial charge in [0.15, 0.2) is 5.78 Å². The summed E-state index contributed by atoms with van der Waals surface area (Å²) in [6.45, 7) is 1.83. The zero-order valence-corrected chi connectivity index (χ0v) is 9.11. The Bertz CT molecular complexity index is 282. The molecule has 1 rings (SSSR count). The second-order valence-electron chi connectivity index (χ2n) is 2.73. The average molecular weight is 248 g/mol. The van der Waals surface area contributed by atoms with Crippen LogP contribution in [0.4, 0.5) is 0 Å². The van der Waals surface area contributed by atoms with Crippen LogP contribution < -0.4 is 5.73 Å². The number of hydrogen-bond acceptors (Lipinski definition) is 3. The molecule has 0 saturated heterocycles. The first-order chi connectivity index (χ1) is 5.59. The minimum absolute atomic E-state index is 0.0571. The molecule has 2 N–H and O–H groups in total. The van der Waals surface area contributed by atoms with Gasteiger partial charge in [0, 0.05) is 22.3 Å². The van der Waals surface area contributed by atoms with Gasteiger partial charge >= 0.3 is 0 Å². The summed E-state index contributed by atoms with van der Waals surface area (Å²) in [5, 5.41) is 1.90. The molecule has 0 aliphatic rings. The van der Waals surface area contributed by atoms with Gasteiger partial charge in [-0.15, -0.1) is 11.3 Å². The SMILES string of the molecule is CC(N)CC(=O)c1cc(Br)cs1. The fourth-order valence-corrected chi connectivity index (χ4v) is 2.23. The predicted molar refractivity (Wildman–Crippen MR) is 54.6 cm³/mol. The molecule has 0 aliphatic heterocycles. The molecule has 1 heterocycles. The average Bonchev–Trinajstić information content (AvgIpc) is 2.34. The van der Waals surface area contributed by atoms with E-state index in [1.807, 2.05) is 18.4 Å². The van der Waals surface area contributed by atoms with E-state index in [2.05, 4.69) is 15.9 Å². The Morgan fingerprint density at radius 2 is 2.50 bits per heavy atom. The first-order valence-electron chi connectivity index (χ1n) is 3.62. The Balaban J connectivity index is 2.65. The van der Waals surface area contributed by atoms with Crippen LogP contribution in [-0.4, -0.2) is 11.8 Å². The zero-order chi connectivity index (χ0) is 9.14. The summed E-state index contributed by atoms with van der Waals surface area (Å²) in [6, 6.07) is 1.77. The molecule has 1 aromatic rings. The monoisotopic (exact) mass is 247 g/mol. The highest BCUT2D eigenvalue weighted by atomic mass is 79.9. The van der Waals surface area contributed by atoms with Crippen molar-refractivity contribution in [2.24, 2.45) is 5.73 Å². The quantitative estimate of drug-likeness (QED) is 0.835. The van der Waals surface area contributed by atoms with Gasteiger partial charge in [-0.3, -0.25) is 4.79 Å². The molecule has 0 saturated carbocycles. The standard InChI is InChI=1S/C8H10BrNOS/c1-5(10)2-7(11)8-3-6(9)4-12-8/h3-5H,2,10H2,1H3. The number of Topliss-reactive ketones (excluding diaryl/α,β-unsaturated/α-hetero) is 1. The van der Waals surface area contributed by atoms with Crippen LogP contribution in [0.15, 0.2) is 15.9 Å². The van der Waals surface area contributed by atoms with Crippen molar-refractivity contribution in [2.45, 2.75) is 19.4 Å². The largest absolute Gasteiger partial charge is 0.328 e. The number of carbonyl (C=O) groups excluding carboxylic acids is 1. The molecule has 66 valence electrons. The highest BCUT2D eigenvalue weighted by Crippen LogP contribution is 2.21. The second-order valence-corrected chi connectivity index (χ2v) is 4.56. The van der Waals surface area contributed by atoms with Crippen LogP contribution in [0.5, 0.6) is 0 Å². The lowest BCUT2D eigenvalue weighted by molar-refractivity contribution is 0.0980. The van der Waals surface area contributed by atoms with Crippen molar-refractivity contribution in [3.05, 3.63) is 20.8 Å². The summed E-state index contributed by atoms with van der Waals surface area (Å²) in [5.41, 5.74) is 5.51. The van der Waals surface area contributed by atoms with Crippen molar-refractivity contribution in [2.75, 3.05) is 0 Å². The van der Waals surface area contributed by atoms with Crippen LogP contribution in [0.1, 0.15) is 23.0 Å². The van der Waals surface area contributed by atoms with Crippen LogP contribution in [0.3, 0.4) is 0 Å². The third-order valence-electron chi connectivity index (χ3n) is 1.35. The lowest BCUT2D eigenvalue weighted by Gasteiger charge is -2.00. The lowest BCUT2D eigenvalue weighted by Crippen LogP contribution is -2.19. The lowest BCUT2D eigenvalue weighted by atomic mass is 10.1. The first kappa shape index (κ1) is 9.89. The van der Waals surface area contributed by atoms with Gasteiger partial charge in [0.25, 0.3) is 0 Å². The maximum absolute atomic E-state index is 11.4. The molecule has 0 amide bonds. The van der Waals surface area contributed by atoms with Gasteiger partial charge in [-0.1, -0.05) is 0 Å². The van der Waals surface area contributed by atoms with Crippen LogP contribution >= 0.6 is 27.3 Å². The van der Waals surface area contributed by atoms with E-state index in [4.69, 9.17) is 5.73 Å². The van der Waals surface area contributed by atoms with Gasteiger partial charge in [-0.25, -0.2) is 0 Å². The predicted octanol–water partition coefficient (Wildman–Crippen LogP) is 2.43. The van der Waals surface area contributed by atoms with Gasteiger partial charge in [0.2, 0.25) is 0 Å². The van der Waals surface area contributed by atoms with E-state index >= 15 is 0 Å². The van der Waals surface area contributed by atoms with Crippen LogP contribution in [0, 0.1) is 0 Å². The molecule has 1 aromatic heterocycles. The Morgan fingerprint density at radius 1 is 1.83 bits per heavy atom. The number of hydrogen-bond donors (Lipinski definition) is 1. The molecular formula is C8H10BrNOS. The molecule has 0 bridgehead atoms. The zero-order valence-electron chi connectivity index (χ0n) is 6.71. The van der Waals surface area contributed by atoms with Gasteiger partial charge < -0.3 is 5.73 Å². The summed E-state index contributed by atoms with van der Waals surface area (Å²) < 4.78 is 0.959. The Kier molecular flexibility index (Phi) is 3.43. The molecule has 0 spiro atoms.